The minimum Gasteiger partial charge on any atom is -0.481 e. The van der Waals surface area contributed by atoms with E-state index in [9.17, 15) is 9.90 Å². The highest BCUT2D eigenvalue weighted by Gasteiger charge is 2.50. The first-order valence-electron chi connectivity index (χ1n) is 6.03. The molecular weight excluding hydrogens is 326 g/mol. The zero-order valence-electron chi connectivity index (χ0n) is 10.1. The van der Waals surface area contributed by atoms with Crippen LogP contribution in [0.5, 0.6) is 0 Å². The number of rotatable bonds is 4. The Labute approximate surface area is 123 Å². The maximum atomic E-state index is 11.2. The molecule has 0 atom stereocenters. The highest BCUT2D eigenvalue weighted by Crippen LogP contribution is 2.49. The fourth-order valence-corrected chi connectivity index (χ4v) is 3.52. The highest BCUT2D eigenvalue weighted by atomic mass is 79.9. The van der Waals surface area contributed by atoms with Crippen molar-refractivity contribution in [2.75, 3.05) is 0 Å². The first-order chi connectivity index (χ1) is 9.11. The number of thiazole rings is 1. The Hall–Kier alpha value is -1.20. The first kappa shape index (κ1) is 12.8. The molecule has 1 N–H and O–H groups in total. The number of hydrogen-bond donors (Lipinski definition) is 1. The summed E-state index contributed by atoms with van der Waals surface area (Å²) in [5, 5.41) is 12.1. The molecule has 1 aliphatic rings. The van der Waals surface area contributed by atoms with Crippen molar-refractivity contribution in [1.82, 2.24) is 4.98 Å². The van der Waals surface area contributed by atoms with Gasteiger partial charge in [0.05, 0.1) is 16.1 Å². The van der Waals surface area contributed by atoms with E-state index in [4.69, 9.17) is 0 Å². The SMILES string of the molecule is O=C(O)C1(Cc2nc(-c3ccccc3Br)cs2)CC1. The maximum Gasteiger partial charge on any atom is 0.310 e. The number of nitrogens with zero attached hydrogens (tertiary/aromatic N) is 1. The van der Waals surface area contributed by atoms with Crippen molar-refractivity contribution in [3.63, 3.8) is 0 Å². The van der Waals surface area contributed by atoms with E-state index in [2.05, 4.69) is 20.9 Å². The second-order valence-corrected chi connectivity index (χ2v) is 6.67. The summed E-state index contributed by atoms with van der Waals surface area (Å²) in [7, 11) is 0. The molecule has 0 aliphatic heterocycles. The number of aliphatic carboxylic acids is 1. The predicted octanol–water partition coefficient (Wildman–Crippen LogP) is 3.98. The first-order valence-corrected chi connectivity index (χ1v) is 7.71. The van der Waals surface area contributed by atoms with Crippen LogP contribution in [-0.4, -0.2) is 16.1 Å². The molecule has 0 radical (unpaired) electrons. The summed E-state index contributed by atoms with van der Waals surface area (Å²) in [6.07, 6.45) is 2.09. The standard InChI is InChI=1S/C14H12BrNO2S/c15-10-4-2-1-3-9(10)11-8-19-12(16-11)7-14(5-6-14)13(17)18/h1-4,8H,5-7H2,(H,17,18). The predicted molar refractivity (Wildman–Crippen MR) is 78.3 cm³/mol. The number of aromatic nitrogens is 1. The molecule has 98 valence electrons. The second kappa shape index (κ2) is 4.72. The van der Waals surface area contributed by atoms with Crippen LogP contribution in [0.15, 0.2) is 34.1 Å². The van der Waals surface area contributed by atoms with Crippen LogP contribution in [0, 0.1) is 5.41 Å². The average molecular weight is 338 g/mol. The van der Waals surface area contributed by atoms with Crippen molar-refractivity contribution in [3.8, 4) is 11.3 Å². The fourth-order valence-electron chi connectivity index (χ4n) is 2.09. The Morgan fingerprint density at radius 2 is 2.16 bits per heavy atom. The molecule has 3 rings (SSSR count). The topological polar surface area (TPSA) is 50.2 Å². The van der Waals surface area contributed by atoms with Crippen molar-refractivity contribution in [2.45, 2.75) is 19.3 Å². The van der Waals surface area contributed by atoms with Crippen molar-refractivity contribution in [3.05, 3.63) is 39.1 Å². The highest BCUT2D eigenvalue weighted by molar-refractivity contribution is 9.10. The lowest BCUT2D eigenvalue weighted by Gasteiger charge is -2.05. The van der Waals surface area contributed by atoms with Gasteiger partial charge in [0.1, 0.15) is 0 Å². The number of benzene rings is 1. The van der Waals surface area contributed by atoms with E-state index in [1.54, 1.807) is 11.3 Å². The van der Waals surface area contributed by atoms with Gasteiger partial charge in [0.2, 0.25) is 0 Å². The molecule has 1 saturated carbocycles. The van der Waals surface area contributed by atoms with Crippen LogP contribution in [0.4, 0.5) is 0 Å². The van der Waals surface area contributed by atoms with E-state index in [0.717, 1.165) is 33.6 Å². The van der Waals surface area contributed by atoms with Crippen LogP contribution < -0.4 is 0 Å². The molecular formula is C14H12BrNO2S. The van der Waals surface area contributed by atoms with Gasteiger partial charge < -0.3 is 5.11 Å². The monoisotopic (exact) mass is 337 g/mol. The van der Waals surface area contributed by atoms with Crippen LogP contribution in [0.2, 0.25) is 0 Å². The van der Waals surface area contributed by atoms with Crippen molar-refractivity contribution < 1.29 is 9.90 Å². The lowest BCUT2D eigenvalue weighted by atomic mass is 10.0. The van der Waals surface area contributed by atoms with Gasteiger partial charge in [-0.25, -0.2) is 4.98 Å². The van der Waals surface area contributed by atoms with Crippen LogP contribution in [0.3, 0.4) is 0 Å². The minimum atomic E-state index is -0.690. The summed E-state index contributed by atoms with van der Waals surface area (Å²) in [6, 6.07) is 7.92. The smallest absolute Gasteiger partial charge is 0.310 e. The minimum absolute atomic E-state index is 0.539. The lowest BCUT2D eigenvalue weighted by Crippen LogP contribution is -2.17. The summed E-state index contributed by atoms with van der Waals surface area (Å²) in [5.74, 6) is -0.690. The molecule has 0 amide bonds. The molecule has 1 fully saturated rings. The van der Waals surface area contributed by atoms with Crippen molar-refractivity contribution in [2.24, 2.45) is 5.41 Å². The molecule has 0 bridgehead atoms. The molecule has 5 heteroatoms. The summed E-state index contributed by atoms with van der Waals surface area (Å²) in [6.45, 7) is 0. The Morgan fingerprint density at radius 1 is 1.42 bits per heavy atom. The molecule has 2 aromatic rings. The molecule has 0 spiro atoms. The largest absolute Gasteiger partial charge is 0.481 e. The Morgan fingerprint density at radius 3 is 2.79 bits per heavy atom. The third-order valence-corrected chi connectivity index (χ3v) is 5.04. The van der Waals surface area contributed by atoms with E-state index in [0.29, 0.717) is 6.42 Å². The van der Waals surface area contributed by atoms with Gasteiger partial charge in [-0.2, -0.15) is 0 Å². The summed E-state index contributed by atoms with van der Waals surface area (Å²) in [4.78, 5) is 15.8. The van der Waals surface area contributed by atoms with Gasteiger partial charge in [-0.1, -0.05) is 34.1 Å². The van der Waals surface area contributed by atoms with Crippen LogP contribution in [0.25, 0.3) is 11.3 Å². The average Bonchev–Trinajstić information content (AvgIpc) is 3.02. The zero-order chi connectivity index (χ0) is 13.5. The van der Waals surface area contributed by atoms with Crippen molar-refractivity contribution in [1.29, 1.82) is 0 Å². The molecule has 19 heavy (non-hydrogen) atoms. The van der Waals surface area contributed by atoms with E-state index < -0.39 is 11.4 Å². The van der Waals surface area contributed by atoms with Gasteiger partial charge in [0.25, 0.3) is 0 Å². The molecule has 1 aromatic carbocycles. The van der Waals surface area contributed by atoms with Gasteiger partial charge in [0.15, 0.2) is 0 Å². The zero-order valence-corrected chi connectivity index (χ0v) is 12.5. The fraction of sp³-hybridized carbons (Fsp3) is 0.286. The maximum absolute atomic E-state index is 11.2. The number of carboxylic acids is 1. The van der Waals surface area contributed by atoms with Gasteiger partial charge in [-0.3, -0.25) is 4.79 Å². The second-order valence-electron chi connectivity index (χ2n) is 4.87. The van der Waals surface area contributed by atoms with Crippen LogP contribution >= 0.6 is 27.3 Å². The Balaban J connectivity index is 1.85. The molecule has 3 nitrogen and oxygen atoms in total. The third-order valence-electron chi connectivity index (χ3n) is 3.50. The summed E-state index contributed by atoms with van der Waals surface area (Å²) in [5.41, 5.74) is 1.42. The van der Waals surface area contributed by atoms with E-state index in [1.807, 2.05) is 29.6 Å². The van der Waals surface area contributed by atoms with Gasteiger partial charge in [0, 0.05) is 21.8 Å². The van der Waals surface area contributed by atoms with Crippen LogP contribution in [-0.2, 0) is 11.2 Å². The van der Waals surface area contributed by atoms with E-state index in [1.165, 1.54) is 0 Å². The van der Waals surface area contributed by atoms with Gasteiger partial charge in [-0.05, 0) is 18.9 Å². The molecule has 1 heterocycles. The van der Waals surface area contributed by atoms with Crippen molar-refractivity contribution >= 4 is 33.2 Å². The summed E-state index contributed by atoms with van der Waals surface area (Å²) >= 11 is 5.05. The number of hydrogen-bond acceptors (Lipinski definition) is 3. The third kappa shape index (κ3) is 2.44. The molecule has 0 saturated heterocycles. The van der Waals surface area contributed by atoms with Crippen LogP contribution in [0.1, 0.15) is 17.8 Å². The quantitative estimate of drug-likeness (QED) is 0.917. The molecule has 0 unspecified atom stereocenters. The number of halogens is 1. The molecule has 1 aliphatic carbocycles. The normalized spacial score (nSPS) is 16.3. The number of carbonyl (C=O) groups is 1. The Kier molecular flexibility index (Phi) is 3.19. The lowest BCUT2D eigenvalue weighted by molar-refractivity contribution is -0.143. The number of carboxylic acid groups (broad SMARTS) is 1. The van der Waals surface area contributed by atoms with Gasteiger partial charge >= 0.3 is 5.97 Å². The van der Waals surface area contributed by atoms with E-state index in [-0.39, 0.29) is 0 Å². The van der Waals surface area contributed by atoms with Gasteiger partial charge in [-0.15, -0.1) is 11.3 Å². The summed E-state index contributed by atoms with van der Waals surface area (Å²) < 4.78 is 1.01. The molecule has 1 aromatic heterocycles. The Bertz CT molecular complexity index is 634. The van der Waals surface area contributed by atoms with E-state index >= 15 is 0 Å².